The molecule has 0 aliphatic heterocycles. The molecule has 0 aromatic carbocycles. The Morgan fingerprint density at radius 3 is 2.50 bits per heavy atom. The van der Waals surface area contributed by atoms with Gasteiger partial charge < -0.3 is 15.2 Å². The number of aromatic nitrogens is 3. The highest BCUT2D eigenvalue weighted by Gasteiger charge is 2.58. The molecule has 30 heavy (non-hydrogen) atoms. The zero-order valence-corrected chi connectivity index (χ0v) is 17.3. The van der Waals surface area contributed by atoms with Gasteiger partial charge in [-0.15, -0.1) is 0 Å². The third-order valence-electron chi connectivity index (χ3n) is 6.16. The number of fused-ring (bicyclic) bond motifs is 1. The quantitative estimate of drug-likeness (QED) is 0.672. The van der Waals surface area contributed by atoms with Gasteiger partial charge in [-0.2, -0.15) is 18.3 Å². The molecule has 0 amide bonds. The molecule has 2 aromatic heterocycles. The SMILES string of the molecule is COCCOC1C[C@@H]2C(c3cc(-c4cnc(N)c(C(F)(F)F)c4)nn3C(C)C)[C@@H]2C1. The van der Waals surface area contributed by atoms with Crippen molar-refractivity contribution in [3.8, 4) is 11.3 Å². The molecular formula is C21H27F3N4O2. The van der Waals surface area contributed by atoms with Crippen LogP contribution in [0.5, 0.6) is 0 Å². The predicted molar refractivity (Wildman–Crippen MR) is 106 cm³/mol. The lowest BCUT2D eigenvalue weighted by Gasteiger charge is -2.17. The first kappa shape index (κ1) is 21.1. The fraction of sp³-hybridized carbons (Fsp3) is 0.619. The number of alkyl halides is 3. The van der Waals surface area contributed by atoms with E-state index in [9.17, 15) is 13.2 Å². The van der Waals surface area contributed by atoms with Crippen molar-refractivity contribution in [2.24, 2.45) is 11.8 Å². The van der Waals surface area contributed by atoms with Crippen LogP contribution in [0.4, 0.5) is 19.0 Å². The van der Waals surface area contributed by atoms with E-state index in [4.69, 9.17) is 15.2 Å². The van der Waals surface area contributed by atoms with Crippen LogP contribution < -0.4 is 5.73 Å². The van der Waals surface area contributed by atoms with Gasteiger partial charge in [0, 0.05) is 36.5 Å². The second-order valence-electron chi connectivity index (χ2n) is 8.46. The minimum Gasteiger partial charge on any atom is -0.383 e. The molecule has 0 spiro atoms. The summed E-state index contributed by atoms with van der Waals surface area (Å²) in [4.78, 5) is 3.75. The topological polar surface area (TPSA) is 75.2 Å². The third-order valence-corrected chi connectivity index (χ3v) is 6.16. The molecule has 0 bridgehead atoms. The number of hydrogen-bond acceptors (Lipinski definition) is 5. The van der Waals surface area contributed by atoms with Crippen molar-refractivity contribution in [3.05, 3.63) is 29.6 Å². The molecule has 9 heteroatoms. The highest BCUT2D eigenvalue weighted by atomic mass is 19.4. The molecule has 2 saturated carbocycles. The minimum absolute atomic E-state index is 0.104. The molecule has 0 radical (unpaired) electrons. The summed E-state index contributed by atoms with van der Waals surface area (Å²) < 4.78 is 52.5. The Balaban J connectivity index is 1.55. The molecule has 2 aliphatic rings. The van der Waals surface area contributed by atoms with Crippen LogP contribution >= 0.6 is 0 Å². The zero-order chi connectivity index (χ0) is 21.6. The Bertz CT molecular complexity index is 900. The van der Waals surface area contributed by atoms with Gasteiger partial charge in [0.2, 0.25) is 0 Å². The second kappa shape index (κ2) is 7.85. The summed E-state index contributed by atoms with van der Waals surface area (Å²) >= 11 is 0. The number of halogens is 3. The molecule has 2 N–H and O–H groups in total. The fourth-order valence-corrected chi connectivity index (χ4v) is 4.72. The summed E-state index contributed by atoms with van der Waals surface area (Å²) in [6.07, 6.45) is -0.938. The molecule has 2 unspecified atom stereocenters. The maximum absolute atomic E-state index is 13.2. The van der Waals surface area contributed by atoms with Crippen LogP contribution in [0.15, 0.2) is 18.3 Å². The maximum atomic E-state index is 13.2. The van der Waals surface area contributed by atoms with Crippen LogP contribution in [0, 0.1) is 11.8 Å². The first-order chi connectivity index (χ1) is 14.2. The standard InChI is InChI=1S/C21H27F3N4O2/c1-11(2)28-18(19-14-7-13(8-15(14)19)30-5-4-29-3)9-17(27-28)12-6-16(21(22,23)24)20(25)26-10-12/h6,9-11,13-15,19H,4-5,7-8H2,1-3H3,(H2,25,26)/t13?,14-,15+,19?. The highest BCUT2D eigenvalue weighted by Crippen LogP contribution is 2.64. The highest BCUT2D eigenvalue weighted by molar-refractivity contribution is 5.63. The van der Waals surface area contributed by atoms with E-state index in [-0.39, 0.29) is 12.1 Å². The van der Waals surface area contributed by atoms with Crippen LogP contribution in [0.1, 0.15) is 49.9 Å². The number of methoxy groups -OCH3 is 1. The van der Waals surface area contributed by atoms with Crippen molar-refractivity contribution in [2.45, 2.75) is 50.9 Å². The van der Waals surface area contributed by atoms with Gasteiger partial charge >= 0.3 is 6.18 Å². The molecule has 2 aromatic rings. The number of anilines is 1. The lowest BCUT2D eigenvalue weighted by Crippen LogP contribution is -2.16. The number of ether oxygens (including phenoxy) is 2. The van der Waals surface area contributed by atoms with Crippen molar-refractivity contribution < 1.29 is 22.6 Å². The van der Waals surface area contributed by atoms with E-state index in [0.717, 1.165) is 24.6 Å². The summed E-state index contributed by atoms with van der Waals surface area (Å²) in [5.74, 6) is 0.926. The van der Waals surface area contributed by atoms with Crippen LogP contribution in [0.25, 0.3) is 11.3 Å². The fourth-order valence-electron chi connectivity index (χ4n) is 4.72. The smallest absolute Gasteiger partial charge is 0.383 e. The molecule has 6 nitrogen and oxygen atoms in total. The van der Waals surface area contributed by atoms with Gasteiger partial charge in [0.05, 0.1) is 30.6 Å². The van der Waals surface area contributed by atoms with E-state index >= 15 is 0 Å². The number of hydrogen-bond donors (Lipinski definition) is 1. The molecule has 4 atom stereocenters. The summed E-state index contributed by atoms with van der Waals surface area (Å²) in [7, 11) is 1.66. The summed E-state index contributed by atoms with van der Waals surface area (Å²) in [5, 5.41) is 4.62. The predicted octanol–water partition coefficient (Wildman–Crippen LogP) is 4.28. The Kier molecular flexibility index (Phi) is 5.52. The Hall–Kier alpha value is -2.13. The van der Waals surface area contributed by atoms with E-state index in [2.05, 4.69) is 10.1 Å². The molecular weight excluding hydrogens is 397 g/mol. The van der Waals surface area contributed by atoms with Gasteiger partial charge in [-0.25, -0.2) is 4.98 Å². The van der Waals surface area contributed by atoms with E-state index in [0.29, 0.717) is 42.2 Å². The average molecular weight is 424 g/mol. The summed E-state index contributed by atoms with van der Waals surface area (Å²) in [5.41, 5.74) is 6.40. The number of nitrogen functional groups attached to an aromatic ring is 1. The molecule has 4 rings (SSSR count). The Labute approximate surface area is 173 Å². The summed E-state index contributed by atoms with van der Waals surface area (Å²) in [6, 6.07) is 3.05. The number of pyridine rings is 1. The van der Waals surface area contributed by atoms with Crippen LogP contribution in [0.2, 0.25) is 0 Å². The Morgan fingerprint density at radius 2 is 1.90 bits per heavy atom. The third kappa shape index (κ3) is 3.92. The van der Waals surface area contributed by atoms with Crippen molar-refractivity contribution in [2.75, 3.05) is 26.1 Å². The lowest BCUT2D eigenvalue weighted by atomic mass is 10.0. The molecule has 2 aliphatic carbocycles. The van der Waals surface area contributed by atoms with Crippen molar-refractivity contribution in [1.82, 2.24) is 14.8 Å². The van der Waals surface area contributed by atoms with E-state index in [1.807, 2.05) is 24.6 Å². The molecule has 2 fully saturated rings. The van der Waals surface area contributed by atoms with Crippen molar-refractivity contribution in [3.63, 3.8) is 0 Å². The van der Waals surface area contributed by atoms with E-state index in [1.54, 1.807) is 7.11 Å². The number of rotatable bonds is 7. The normalized spacial score (nSPS) is 25.7. The van der Waals surface area contributed by atoms with Gasteiger partial charge in [0.1, 0.15) is 5.82 Å². The average Bonchev–Trinajstić information content (AvgIpc) is 3.04. The largest absolute Gasteiger partial charge is 0.419 e. The minimum atomic E-state index is -4.55. The van der Waals surface area contributed by atoms with Crippen LogP contribution in [-0.2, 0) is 15.7 Å². The second-order valence-corrected chi connectivity index (χ2v) is 8.46. The zero-order valence-electron chi connectivity index (χ0n) is 17.3. The van der Waals surface area contributed by atoms with Gasteiger partial charge in [-0.05, 0) is 50.7 Å². The van der Waals surface area contributed by atoms with Gasteiger partial charge in [0.15, 0.2) is 0 Å². The first-order valence-corrected chi connectivity index (χ1v) is 10.2. The van der Waals surface area contributed by atoms with Crippen LogP contribution in [-0.4, -0.2) is 41.2 Å². The Morgan fingerprint density at radius 1 is 1.20 bits per heavy atom. The maximum Gasteiger partial charge on any atom is 0.419 e. The first-order valence-electron chi connectivity index (χ1n) is 10.2. The monoisotopic (exact) mass is 424 g/mol. The number of nitrogens with zero attached hydrogens (tertiary/aromatic N) is 3. The van der Waals surface area contributed by atoms with Crippen molar-refractivity contribution >= 4 is 5.82 Å². The number of nitrogens with two attached hydrogens (primary N) is 1. The summed E-state index contributed by atoms with van der Waals surface area (Å²) in [6.45, 7) is 5.24. The molecule has 164 valence electrons. The van der Waals surface area contributed by atoms with Crippen LogP contribution in [0.3, 0.4) is 0 Å². The van der Waals surface area contributed by atoms with Gasteiger partial charge in [-0.1, -0.05) is 0 Å². The van der Waals surface area contributed by atoms with E-state index in [1.165, 1.54) is 6.20 Å². The van der Waals surface area contributed by atoms with Gasteiger partial charge in [-0.3, -0.25) is 4.68 Å². The van der Waals surface area contributed by atoms with E-state index < -0.39 is 17.6 Å². The van der Waals surface area contributed by atoms with Gasteiger partial charge in [0.25, 0.3) is 0 Å². The molecule has 2 heterocycles. The van der Waals surface area contributed by atoms with Crippen molar-refractivity contribution in [1.29, 1.82) is 0 Å². The molecule has 0 saturated heterocycles. The lowest BCUT2D eigenvalue weighted by molar-refractivity contribution is -0.137.